The Kier molecular flexibility index (Phi) is 2.59. The van der Waals surface area contributed by atoms with Crippen LogP contribution in [0.5, 0.6) is 0 Å². The largest absolute Gasteiger partial charge is 0.398 e. The highest BCUT2D eigenvalue weighted by molar-refractivity contribution is 5.69. The summed E-state index contributed by atoms with van der Waals surface area (Å²) >= 11 is 0. The highest BCUT2D eigenvalue weighted by Crippen LogP contribution is 2.23. The van der Waals surface area contributed by atoms with Crippen molar-refractivity contribution in [2.45, 2.75) is 6.92 Å². The first kappa shape index (κ1) is 11.2. The molecule has 0 amide bonds. The highest BCUT2D eigenvalue weighted by Gasteiger charge is 2.07. The van der Waals surface area contributed by atoms with Crippen molar-refractivity contribution in [2.24, 2.45) is 7.05 Å². The molecule has 2 aromatic rings. The van der Waals surface area contributed by atoms with Crippen molar-refractivity contribution in [3.8, 4) is 11.3 Å². The molecule has 5 heteroatoms. The second-order valence-electron chi connectivity index (χ2n) is 3.93. The smallest absolute Gasteiger partial charge is 0.315 e. The molecule has 2 rings (SSSR count). The summed E-state index contributed by atoms with van der Waals surface area (Å²) in [5.41, 5.74) is 7.53. The van der Waals surface area contributed by atoms with Crippen molar-refractivity contribution in [3.05, 3.63) is 50.7 Å². The van der Waals surface area contributed by atoms with Crippen LogP contribution in [-0.2, 0) is 7.05 Å². The van der Waals surface area contributed by atoms with Gasteiger partial charge in [-0.25, -0.2) is 0 Å². The first-order valence-corrected chi connectivity index (χ1v) is 5.16. The maximum Gasteiger partial charge on any atom is 0.315 e. The third-order valence-electron chi connectivity index (χ3n) is 2.75. The average molecular weight is 231 g/mol. The number of hydrogen-bond donors (Lipinski definition) is 2. The number of nitrogen functional groups attached to an aromatic ring is 1. The topological polar surface area (TPSA) is 80.9 Å². The Morgan fingerprint density at radius 3 is 2.65 bits per heavy atom. The lowest BCUT2D eigenvalue weighted by Gasteiger charge is -2.09. The molecule has 0 aliphatic heterocycles. The molecule has 1 aromatic carbocycles. The zero-order valence-corrected chi connectivity index (χ0v) is 9.65. The SMILES string of the molecule is Cc1c(N)cccc1-c1cn(C)c(=O)c(=O)[nH]1. The number of rotatable bonds is 1. The second-order valence-corrected chi connectivity index (χ2v) is 3.93. The molecule has 0 radical (unpaired) electrons. The number of benzene rings is 1. The summed E-state index contributed by atoms with van der Waals surface area (Å²) in [4.78, 5) is 25.3. The van der Waals surface area contributed by atoms with E-state index >= 15 is 0 Å². The Morgan fingerprint density at radius 1 is 1.29 bits per heavy atom. The van der Waals surface area contributed by atoms with Crippen LogP contribution < -0.4 is 16.9 Å². The molecule has 0 saturated heterocycles. The summed E-state index contributed by atoms with van der Waals surface area (Å²) in [5.74, 6) is 0. The van der Waals surface area contributed by atoms with Gasteiger partial charge in [-0.2, -0.15) is 0 Å². The number of nitrogens with zero attached hydrogens (tertiary/aromatic N) is 1. The average Bonchev–Trinajstić information content (AvgIpc) is 2.29. The lowest BCUT2D eigenvalue weighted by molar-refractivity contribution is 0.827. The Balaban J connectivity index is 2.74. The molecule has 17 heavy (non-hydrogen) atoms. The van der Waals surface area contributed by atoms with Crippen LogP contribution in [0.15, 0.2) is 34.0 Å². The van der Waals surface area contributed by atoms with Crippen molar-refractivity contribution >= 4 is 5.69 Å². The minimum Gasteiger partial charge on any atom is -0.398 e. The fourth-order valence-corrected chi connectivity index (χ4v) is 1.70. The minimum absolute atomic E-state index is 0.574. The first-order chi connectivity index (χ1) is 8.00. The highest BCUT2D eigenvalue weighted by atomic mass is 16.2. The van der Waals surface area contributed by atoms with Crippen molar-refractivity contribution in [3.63, 3.8) is 0 Å². The molecule has 88 valence electrons. The van der Waals surface area contributed by atoms with E-state index in [4.69, 9.17) is 5.73 Å². The maximum absolute atomic E-state index is 11.4. The van der Waals surface area contributed by atoms with E-state index in [0.29, 0.717) is 11.4 Å². The van der Waals surface area contributed by atoms with E-state index in [2.05, 4.69) is 4.98 Å². The first-order valence-electron chi connectivity index (χ1n) is 5.16. The Bertz CT molecular complexity index is 683. The van der Waals surface area contributed by atoms with Crippen molar-refractivity contribution < 1.29 is 0 Å². The third-order valence-corrected chi connectivity index (χ3v) is 2.75. The summed E-state index contributed by atoms with van der Waals surface area (Å²) in [6.07, 6.45) is 1.59. The number of anilines is 1. The van der Waals surface area contributed by atoms with E-state index in [1.165, 1.54) is 4.57 Å². The molecule has 0 spiro atoms. The molecular formula is C12H13N3O2. The van der Waals surface area contributed by atoms with Gasteiger partial charge in [0.2, 0.25) is 0 Å². The fourth-order valence-electron chi connectivity index (χ4n) is 1.70. The summed E-state index contributed by atoms with van der Waals surface area (Å²) in [6, 6.07) is 5.45. The van der Waals surface area contributed by atoms with E-state index in [9.17, 15) is 9.59 Å². The fraction of sp³-hybridized carbons (Fsp3) is 0.167. The van der Waals surface area contributed by atoms with Crippen LogP contribution in [0.1, 0.15) is 5.56 Å². The van der Waals surface area contributed by atoms with E-state index in [0.717, 1.165) is 11.1 Å². The normalized spacial score (nSPS) is 10.5. The van der Waals surface area contributed by atoms with E-state index in [1.54, 1.807) is 25.4 Å². The molecule has 0 aliphatic rings. The number of aryl methyl sites for hydroxylation is 1. The summed E-state index contributed by atoms with van der Waals surface area (Å²) in [7, 11) is 1.54. The Labute approximate surface area is 97.5 Å². The molecule has 0 unspecified atom stereocenters. The number of nitrogens with two attached hydrogens (primary N) is 1. The van der Waals surface area contributed by atoms with E-state index in [1.807, 2.05) is 13.0 Å². The zero-order chi connectivity index (χ0) is 12.6. The van der Waals surface area contributed by atoms with Gasteiger partial charge in [0.15, 0.2) is 0 Å². The monoisotopic (exact) mass is 231 g/mol. The molecule has 1 aromatic heterocycles. The quantitative estimate of drug-likeness (QED) is 0.558. The van der Waals surface area contributed by atoms with Gasteiger partial charge < -0.3 is 15.3 Å². The number of aromatic nitrogens is 2. The number of hydrogen-bond acceptors (Lipinski definition) is 3. The van der Waals surface area contributed by atoms with Crippen LogP contribution in [0.2, 0.25) is 0 Å². The number of H-pyrrole nitrogens is 1. The van der Waals surface area contributed by atoms with Gasteiger partial charge in [-0.15, -0.1) is 0 Å². The van der Waals surface area contributed by atoms with Crippen LogP contribution in [0.3, 0.4) is 0 Å². The lowest BCUT2D eigenvalue weighted by Crippen LogP contribution is -2.34. The van der Waals surface area contributed by atoms with Crippen LogP contribution in [0, 0.1) is 6.92 Å². The molecule has 0 bridgehead atoms. The molecule has 1 heterocycles. The van der Waals surface area contributed by atoms with Gasteiger partial charge in [-0.1, -0.05) is 12.1 Å². The molecule has 0 atom stereocenters. The summed E-state index contributed by atoms with van der Waals surface area (Å²) < 4.78 is 1.26. The van der Waals surface area contributed by atoms with Crippen molar-refractivity contribution in [1.29, 1.82) is 0 Å². The predicted molar refractivity (Wildman–Crippen MR) is 66.9 cm³/mol. The third kappa shape index (κ3) is 1.87. The van der Waals surface area contributed by atoms with Crippen LogP contribution in [0.25, 0.3) is 11.3 Å². The summed E-state index contributed by atoms with van der Waals surface area (Å²) in [6.45, 7) is 1.87. The Morgan fingerprint density at radius 2 is 2.00 bits per heavy atom. The number of nitrogens with one attached hydrogen (secondary N) is 1. The molecular weight excluding hydrogens is 218 g/mol. The lowest BCUT2D eigenvalue weighted by atomic mass is 10.0. The van der Waals surface area contributed by atoms with Gasteiger partial charge in [-0.05, 0) is 18.6 Å². The van der Waals surface area contributed by atoms with Crippen LogP contribution in [0.4, 0.5) is 5.69 Å². The Hall–Kier alpha value is -2.30. The zero-order valence-electron chi connectivity index (χ0n) is 9.65. The van der Waals surface area contributed by atoms with Crippen LogP contribution in [-0.4, -0.2) is 9.55 Å². The number of aromatic amines is 1. The van der Waals surface area contributed by atoms with Crippen LogP contribution >= 0.6 is 0 Å². The van der Waals surface area contributed by atoms with Gasteiger partial charge in [0.25, 0.3) is 0 Å². The summed E-state index contributed by atoms with van der Waals surface area (Å²) in [5, 5.41) is 0. The minimum atomic E-state index is -0.633. The maximum atomic E-state index is 11.4. The van der Waals surface area contributed by atoms with Crippen molar-refractivity contribution in [2.75, 3.05) is 5.73 Å². The van der Waals surface area contributed by atoms with Gasteiger partial charge in [0.05, 0.1) is 5.69 Å². The second kappa shape index (κ2) is 3.93. The van der Waals surface area contributed by atoms with E-state index in [-0.39, 0.29) is 0 Å². The van der Waals surface area contributed by atoms with Gasteiger partial charge in [0.1, 0.15) is 0 Å². The van der Waals surface area contributed by atoms with Crippen molar-refractivity contribution in [1.82, 2.24) is 9.55 Å². The van der Waals surface area contributed by atoms with Gasteiger partial charge in [0, 0.05) is 24.5 Å². The molecule has 5 nitrogen and oxygen atoms in total. The molecule has 3 N–H and O–H groups in total. The standard InChI is InChI=1S/C12H13N3O2/c1-7-8(4-3-5-9(7)13)10-6-15(2)12(17)11(16)14-10/h3-6H,13H2,1-2H3,(H,14,16). The predicted octanol–water partition coefficient (Wildman–Crippen LogP) is 0.631. The van der Waals surface area contributed by atoms with Gasteiger partial charge >= 0.3 is 11.1 Å². The molecule has 0 fully saturated rings. The van der Waals surface area contributed by atoms with Gasteiger partial charge in [-0.3, -0.25) is 9.59 Å². The molecule has 0 saturated carbocycles. The van der Waals surface area contributed by atoms with E-state index < -0.39 is 11.1 Å². The molecule has 0 aliphatic carbocycles.